The zero-order valence-corrected chi connectivity index (χ0v) is 13.6. The molecule has 1 aromatic heterocycles. The van der Waals surface area contributed by atoms with Gasteiger partial charge in [-0.05, 0) is 60.2 Å². The predicted molar refractivity (Wildman–Crippen MR) is 95.7 cm³/mol. The lowest BCUT2D eigenvalue weighted by Crippen LogP contribution is -1.94. The summed E-state index contributed by atoms with van der Waals surface area (Å²) in [6, 6.07) is 20.9. The van der Waals surface area contributed by atoms with Crippen LogP contribution >= 0.6 is 23.2 Å². The number of hydrogen-bond donors (Lipinski definition) is 0. The van der Waals surface area contributed by atoms with Gasteiger partial charge in [-0.25, -0.2) is 0 Å². The second-order valence-corrected chi connectivity index (χ2v) is 5.83. The topological polar surface area (TPSA) is 28.7 Å². The van der Waals surface area contributed by atoms with E-state index >= 15 is 0 Å². The minimum Gasteiger partial charge on any atom is -0.317 e. The molecule has 0 saturated heterocycles. The van der Waals surface area contributed by atoms with Gasteiger partial charge in [0.25, 0.3) is 0 Å². The van der Waals surface area contributed by atoms with Gasteiger partial charge in [0.1, 0.15) is 0 Å². The molecule has 3 aromatic rings. The number of benzene rings is 2. The molecule has 0 spiro atoms. The first-order chi connectivity index (χ1) is 11.2. The molecule has 1 heterocycles. The number of nitrogens with zero attached hydrogens (tertiary/aromatic N) is 2. The second-order valence-electron chi connectivity index (χ2n) is 4.96. The molecule has 0 aliphatic heterocycles. The van der Waals surface area contributed by atoms with E-state index in [0.717, 1.165) is 16.9 Å². The third-order valence-electron chi connectivity index (χ3n) is 3.45. The van der Waals surface area contributed by atoms with E-state index in [-0.39, 0.29) is 0 Å². The van der Waals surface area contributed by atoms with Crippen molar-refractivity contribution >= 4 is 34.9 Å². The maximum Gasteiger partial charge on any atom is 0.0998 e. The Morgan fingerprint density at radius 1 is 0.913 bits per heavy atom. The van der Waals surface area contributed by atoms with Gasteiger partial charge in [-0.3, -0.25) is 0 Å². The van der Waals surface area contributed by atoms with Crippen molar-refractivity contribution in [2.24, 2.45) is 0 Å². The summed E-state index contributed by atoms with van der Waals surface area (Å²) in [5, 5.41) is 10.8. The lowest BCUT2D eigenvalue weighted by Gasteiger charge is -2.07. The highest BCUT2D eigenvalue weighted by molar-refractivity contribution is 6.30. The maximum absolute atomic E-state index is 9.47. The zero-order valence-electron chi connectivity index (χ0n) is 12.1. The van der Waals surface area contributed by atoms with Crippen LogP contribution in [0.5, 0.6) is 0 Å². The normalized spacial score (nSPS) is 11.3. The van der Waals surface area contributed by atoms with Crippen LogP contribution in [0.15, 0.2) is 66.9 Å². The van der Waals surface area contributed by atoms with Gasteiger partial charge in [0.2, 0.25) is 0 Å². The van der Waals surface area contributed by atoms with Gasteiger partial charge in [0.15, 0.2) is 0 Å². The number of allylic oxidation sites excluding steroid dienone is 1. The summed E-state index contributed by atoms with van der Waals surface area (Å²) in [5.74, 6) is 0. The number of aromatic nitrogens is 1. The molecule has 23 heavy (non-hydrogen) atoms. The van der Waals surface area contributed by atoms with E-state index in [1.54, 1.807) is 12.1 Å². The van der Waals surface area contributed by atoms with Crippen LogP contribution < -0.4 is 0 Å². The lowest BCUT2D eigenvalue weighted by atomic mass is 10.1. The molecule has 2 nitrogen and oxygen atoms in total. The fraction of sp³-hybridized carbons (Fsp3) is 0. The highest BCUT2D eigenvalue weighted by Gasteiger charge is 2.05. The Bertz CT molecular complexity index is 882. The van der Waals surface area contributed by atoms with Crippen molar-refractivity contribution < 1.29 is 0 Å². The first kappa shape index (κ1) is 15.4. The standard InChI is InChI=1S/C19H12Cl2N2/c20-16-5-3-14(4-6-16)15(13-22)12-19-2-1-11-23(19)18-9-7-17(21)8-10-18/h1-12H/b15-12+. The van der Waals surface area contributed by atoms with Gasteiger partial charge in [-0.1, -0.05) is 35.3 Å². The van der Waals surface area contributed by atoms with Crippen molar-refractivity contribution in [2.45, 2.75) is 0 Å². The van der Waals surface area contributed by atoms with E-state index in [4.69, 9.17) is 23.2 Å². The monoisotopic (exact) mass is 338 g/mol. The van der Waals surface area contributed by atoms with Crippen LogP contribution in [0.3, 0.4) is 0 Å². The van der Waals surface area contributed by atoms with Crippen LogP contribution in [0.2, 0.25) is 10.0 Å². The minimum absolute atomic E-state index is 0.579. The molecule has 0 aliphatic rings. The van der Waals surface area contributed by atoms with E-state index in [1.165, 1.54) is 0 Å². The van der Waals surface area contributed by atoms with Gasteiger partial charge in [0.05, 0.1) is 11.6 Å². The van der Waals surface area contributed by atoms with E-state index in [9.17, 15) is 5.26 Å². The van der Waals surface area contributed by atoms with Gasteiger partial charge in [0, 0.05) is 27.6 Å². The summed E-state index contributed by atoms with van der Waals surface area (Å²) in [5.41, 5.74) is 3.31. The zero-order chi connectivity index (χ0) is 16.2. The van der Waals surface area contributed by atoms with Gasteiger partial charge in [-0.2, -0.15) is 5.26 Å². The molecular weight excluding hydrogens is 327 g/mol. The summed E-state index contributed by atoms with van der Waals surface area (Å²) in [6.45, 7) is 0. The molecule has 0 saturated carbocycles. The molecular formula is C19H12Cl2N2. The van der Waals surface area contributed by atoms with Crippen molar-refractivity contribution in [3.8, 4) is 11.8 Å². The van der Waals surface area contributed by atoms with Crippen LogP contribution in [-0.4, -0.2) is 4.57 Å². The first-order valence-corrected chi connectivity index (χ1v) is 7.74. The molecule has 4 heteroatoms. The molecule has 0 atom stereocenters. The molecule has 2 aromatic carbocycles. The Balaban J connectivity index is 2.02. The van der Waals surface area contributed by atoms with Crippen molar-refractivity contribution in [3.63, 3.8) is 0 Å². The maximum atomic E-state index is 9.47. The molecule has 0 amide bonds. The van der Waals surface area contributed by atoms with Crippen LogP contribution in [-0.2, 0) is 0 Å². The average Bonchev–Trinajstić information content (AvgIpc) is 3.02. The molecule has 0 radical (unpaired) electrons. The van der Waals surface area contributed by atoms with Crippen molar-refractivity contribution in [1.82, 2.24) is 4.57 Å². The Labute approximate surface area is 144 Å². The molecule has 3 rings (SSSR count). The van der Waals surface area contributed by atoms with E-state index in [2.05, 4.69) is 6.07 Å². The molecule has 0 N–H and O–H groups in total. The minimum atomic E-state index is 0.579. The largest absolute Gasteiger partial charge is 0.317 e. The van der Waals surface area contributed by atoms with Crippen molar-refractivity contribution in [3.05, 3.63) is 88.2 Å². The van der Waals surface area contributed by atoms with Gasteiger partial charge >= 0.3 is 0 Å². The first-order valence-electron chi connectivity index (χ1n) is 6.98. The fourth-order valence-corrected chi connectivity index (χ4v) is 2.56. The number of hydrogen-bond acceptors (Lipinski definition) is 1. The summed E-state index contributed by atoms with van der Waals surface area (Å²) < 4.78 is 2.00. The summed E-state index contributed by atoms with van der Waals surface area (Å²) in [4.78, 5) is 0. The lowest BCUT2D eigenvalue weighted by molar-refractivity contribution is 1.06. The van der Waals surface area contributed by atoms with Crippen molar-refractivity contribution in [1.29, 1.82) is 5.26 Å². The smallest absolute Gasteiger partial charge is 0.0998 e. The average molecular weight is 339 g/mol. The number of halogens is 2. The predicted octanol–water partition coefficient (Wildman–Crippen LogP) is 5.85. The third kappa shape index (κ3) is 3.48. The Kier molecular flexibility index (Phi) is 4.52. The molecule has 112 valence electrons. The van der Waals surface area contributed by atoms with E-state index in [1.807, 2.05) is 65.4 Å². The molecule has 0 fully saturated rings. The summed E-state index contributed by atoms with van der Waals surface area (Å²) in [6.07, 6.45) is 3.81. The van der Waals surface area contributed by atoms with Crippen LogP contribution in [0.1, 0.15) is 11.3 Å². The highest BCUT2D eigenvalue weighted by atomic mass is 35.5. The van der Waals surface area contributed by atoms with Crippen molar-refractivity contribution in [2.75, 3.05) is 0 Å². The van der Waals surface area contributed by atoms with E-state index in [0.29, 0.717) is 15.6 Å². The quantitative estimate of drug-likeness (QED) is 0.550. The Morgan fingerprint density at radius 2 is 1.52 bits per heavy atom. The van der Waals surface area contributed by atoms with Crippen LogP contribution in [0.25, 0.3) is 17.3 Å². The highest BCUT2D eigenvalue weighted by Crippen LogP contribution is 2.22. The summed E-state index contributed by atoms with van der Waals surface area (Å²) >= 11 is 11.8. The molecule has 0 aliphatic carbocycles. The second kappa shape index (κ2) is 6.75. The van der Waals surface area contributed by atoms with Crippen LogP contribution in [0.4, 0.5) is 0 Å². The van der Waals surface area contributed by atoms with E-state index < -0.39 is 0 Å². The molecule has 0 unspecified atom stereocenters. The third-order valence-corrected chi connectivity index (χ3v) is 3.96. The Hall–Kier alpha value is -2.47. The van der Waals surface area contributed by atoms with Crippen LogP contribution in [0, 0.1) is 11.3 Å². The SMILES string of the molecule is N#C/C(=C\c1cccn1-c1ccc(Cl)cc1)c1ccc(Cl)cc1. The summed E-state index contributed by atoms with van der Waals surface area (Å²) in [7, 11) is 0. The number of rotatable bonds is 3. The van der Waals surface area contributed by atoms with Gasteiger partial charge in [-0.15, -0.1) is 0 Å². The molecule has 0 bridgehead atoms. The number of nitriles is 1. The fourth-order valence-electron chi connectivity index (χ4n) is 2.31. The Morgan fingerprint density at radius 3 is 2.13 bits per heavy atom. The van der Waals surface area contributed by atoms with Gasteiger partial charge < -0.3 is 4.57 Å².